The molecule has 1 fully saturated rings. The summed E-state index contributed by atoms with van der Waals surface area (Å²) in [5.41, 5.74) is -0.0556. The van der Waals surface area contributed by atoms with E-state index < -0.39 is 0 Å². The Morgan fingerprint density at radius 2 is 2.22 bits per heavy atom. The van der Waals surface area contributed by atoms with Crippen LogP contribution in [0.5, 0.6) is 0 Å². The van der Waals surface area contributed by atoms with Crippen LogP contribution in [0, 0.1) is 5.92 Å². The molecule has 1 heterocycles. The van der Waals surface area contributed by atoms with Gasteiger partial charge in [0.25, 0.3) is 0 Å². The van der Waals surface area contributed by atoms with E-state index in [9.17, 15) is 0 Å². The first-order valence-electron chi connectivity index (χ1n) is 3.54. The molecule has 0 aromatic heterocycles. The highest BCUT2D eigenvalue weighted by molar-refractivity contribution is 4.80. The van der Waals surface area contributed by atoms with Gasteiger partial charge < -0.3 is 4.74 Å². The topological polar surface area (TPSA) is 21.3 Å². The van der Waals surface area contributed by atoms with E-state index in [2.05, 4.69) is 26.1 Å². The second kappa shape index (κ2) is 2.27. The van der Waals surface area contributed by atoms with Crippen molar-refractivity contribution in [2.45, 2.75) is 26.5 Å². The highest BCUT2D eigenvalue weighted by atomic mass is 16.5. The number of hydrogen-bond donors (Lipinski definition) is 1. The molecule has 0 spiro atoms. The normalized spacial score (nSPS) is 36.0. The van der Waals surface area contributed by atoms with E-state index in [4.69, 9.17) is 4.74 Å². The molecular formula is C7H15NO. The lowest BCUT2D eigenvalue weighted by molar-refractivity contribution is -0.0312. The van der Waals surface area contributed by atoms with Crippen LogP contribution in [0.4, 0.5) is 0 Å². The Morgan fingerprint density at radius 3 is 2.44 bits per heavy atom. The molecule has 0 bridgehead atoms. The van der Waals surface area contributed by atoms with Gasteiger partial charge in [-0.15, -0.1) is 0 Å². The van der Waals surface area contributed by atoms with Crippen molar-refractivity contribution in [3.8, 4) is 0 Å². The zero-order chi connectivity index (χ0) is 6.91. The summed E-state index contributed by atoms with van der Waals surface area (Å²) in [4.78, 5) is 0. The maximum Gasteiger partial charge on any atom is 0.118 e. The Hall–Kier alpha value is -0.0800. The smallest absolute Gasteiger partial charge is 0.118 e. The van der Waals surface area contributed by atoms with Gasteiger partial charge in [0.15, 0.2) is 0 Å². The lowest BCUT2D eigenvalue weighted by Crippen LogP contribution is -2.42. The zero-order valence-electron chi connectivity index (χ0n) is 6.40. The van der Waals surface area contributed by atoms with Crippen LogP contribution in [0.3, 0.4) is 0 Å². The van der Waals surface area contributed by atoms with E-state index in [1.54, 1.807) is 0 Å². The fourth-order valence-electron chi connectivity index (χ4n) is 0.984. The molecule has 0 amide bonds. The van der Waals surface area contributed by atoms with Gasteiger partial charge in [-0.05, 0) is 12.8 Å². The van der Waals surface area contributed by atoms with Crippen molar-refractivity contribution in [2.24, 2.45) is 5.92 Å². The Labute approximate surface area is 56.6 Å². The molecule has 0 aromatic rings. The van der Waals surface area contributed by atoms with Crippen LogP contribution in [0.2, 0.25) is 0 Å². The minimum atomic E-state index is -0.0556. The third-order valence-corrected chi connectivity index (χ3v) is 2.08. The van der Waals surface area contributed by atoms with Gasteiger partial charge >= 0.3 is 0 Å². The average Bonchev–Trinajstić information content (AvgIpc) is 2.16. The first kappa shape index (κ1) is 7.03. The van der Waals surface area contributed by atoms with Crippen molar-refractivity contribution in [2.75, 3.05) is 13.2 Å². The molecule has 0 aliphatic carbocycles. The highest BCUT2D eigenvalue weighted by Crippen LogP contribution is 2.20. The summed E-state index contributed by atoms with van der Waals surface area (Å²) < 4.78 is 5.49. The summed E-state index contributed by atoms with van der Waals surface area (Å²) in [6.45, 7) is 8.28. The van der Waals surface area contributed by atoms with E-state index in [1.807, 2.05) is 0 Å². The van der Waals surface area contributed by atoms with Crippen molar-refractivity contribution in [3.05, 3.63) is 0 Å². The van der Waals surface area contributed by atoms with Crippen LogP contribution in [-0.2, 0) is 4.74 Å². The quantitative estimate of drug-likeness (QED) is 0.570. The lowest BCUT2D eigenvalue weighted by Gasteiger charge is -2.27. The molecule has 0 aromatic carbocycles. The Bertz CT molecular complexity index is 95.1. The third kappa shape index (κ3) is 1.25. The number of nitrogens with one attached hydrogen (secondary N) is 1. The van der Waals surface area contributed by atoms with Gasteiger partial charge in [0.05, 0.1) is 6.61 Å². The Kier molecular flexibility index (Phi) is 1.78. The average molecular weight is 129 g/mol. The van der Waals surface area contributed by atoms with Crippen LogP contribution < -0.4 is 5.32 Å². The molecule has 2 heteroatoms. The standard InChI is InChI=1S/C7H15NO/c1-6(2)7(3)8-4-5-9-7/h6,8H,4-5H2,1-3H3. The molecular weight excluding hydrogens is 114 g/mol. The van der Waals surface area contributed by atoms with E-state index >= 15 is 0 Å². The molecule has 1 saturated heterocycles. The number of hydrogen-bond acceptors (Lipinski definition) is 2. The summed E-state index contributed by atoms with van der Waals surface area (Å²) >= 11 is 0. The molecule has 2 nitrogen and oxygen atoms in total. The molecule has 1 aliphatic rings. The second-order valence-electron chi connectivity index (χ2n) is 3.04. The van der Waals surface area contributed by atoms with Crippen molar-refractivity contribution in [1.82, 2.24) is 5.32 Å². The predicted molar refractivity (Wildman–Crippen MR) is 37.2 cm³/mol. The van der Waals surface area contributed by atoms with E-state index in [-0.39, 0.29) is 5.72 Å². The molecule has 54 valence electrons. The van der Waals surface area contributed by atoms with Gasteiger partial charge in [0.1, 0.15) is 5.72 Å². The molecule has 0 saturated carbocycles. The fourth-order valence-corrected chi connectivity index (χ4v) is 0.984. The van der Waals surface area contributed by atoms with E-state index in [0.717, 1.165) is 13.2 Å². The van der Waals surface area contributed by atoms with Crippen LogP contribution >= 0.6 is 0 Å². The molecule has 0 radical (unpaired) electrons. The summed E-state index contributed by atoms with van der Waals surface area (Å²) in [5, 5.41) is 3.31. The summed E-state index contributed by atoms with van der Waals surface area (Å²) in [5.74, 6) is 0.556. The maximum absolute atomic E-state index is 5.49. The van der Waals surface area contributed by atoms with Crippen LogP contribution in [0.1, 0.15) is 20.8 Å². The largest absolute Gasteiger partial charge is 0.359 e. The first-order chi connectivity index (χ1) is 4.15. The van der Waals surface area contributed by atoms with Gasteiger partial charge in [-0.2, -0.15) is 0 Å². The van der Waals surface area contributed by atoms with Gasteiger partial charge in [-0.25, -0.2) is 0 Å². The van der Waals surface area contributed by atoms with Crippen LogP contribution in [0.25, 0.3) is 0 Å². The van der Waals surface area contributed by atoms with Crippen LogP contribution in [0.15, 0.2) is 0 Å². The molecule has 9 heavy (non-hydrogen) atoms. The monoisotopic (exact) mass is 129 g/mol. The minimum absolute atomic E-state index is 0.0556. The van der Waals surface area contributed by atoms with E-state index in [0.29, 0.717) is 5.92 Å². The van der Waals surface area contributed by atoms with Crippen molar-refractivity contribution >= 4 is 0 Å². The van der Waals surface area contributed by atoms with Gasteiger partial charge in [0.2, 0.25) is 0 Å². The van der Waals surface area contributed by atoms with Crippen molar-refractivity contribution in [3.63, 3.8) is 0 Å². The SMILES string of the molecule is CC(C)C1(C)NCCO1. The Balaban J connectivity index is 2.51. The summed E-state index contributed by atoms with van der Waals surface area (Å²) in [6, 6.07) is 0. The van der Waals surface area contributed by atoms with Gasteiger partial charge in [-0.1, -0.05) is 13.8 Å². The van der Waals surface area contributed by atoms with Gasteiger partial charge in [0, 0.05) is 6.54 Å². The molecule has 1 unspecified atom stereocenters. The maximum atomic E-state index is 5.49. The zero-order valence-corrected chi connectivity index (χ0v) is 6.40. The molecule has 1 atom stereocenters. The third-order valence-electron chi connectivity index (χ3n) is 2.08. The first-order valence-corrected chi connectivity index (χ1v) is 3.54. The summed E-state index contributed by atoms with van der Waals surface area (Å²) in [7, 11) is 0. The minimum Gasteiger partial charge on any atom is -0.359 e. The molecule has 1 N–H and O–H groups in total. The Morgan fingerprint density at radius 1 is 1.56 bits per heavy atom. The van der Waals surface area contributed by atoms with Crippen molar-refractivity contribution in [1.29, 1.82) is 0 Å². The van der Waals surface area contributed by atoms with E-state index in [1.165, 1.54) is 0 Å². The predicted octanol–water partition coefficient (Wildman–Crippen LogP) is 0.978. The lowest BCUT2D eigenvalue weighted by atomic mass is 10.0. The number of rotatable bonds is 1. The van der Waals surface area contributed by atoms with Crippen molar-refractivity contribution < 1.29 is 4.74 Å². The molecule has 1 aliphatic heterocycles. The van der Waals surface area contributed by atoms with Gasteiger partial charge in [-0.3, -0.25) is 5.32 Å². The fraction of sp³-hybridized carbons (Fsp3) is 1.00. The number of ether oxygens (including phenoxy) is 1. The summed E-state index contributed by atoms with van der Waals surface area (Å²) in [6.07, 6.45) is 0. The molecule has 1 rings (SSSR count). The van der Waals surface area contributed by atoms with Crippen LogP contribution in [-0.4, -0.2) is 18.9 Å². The highest BCUT2D eigenvalue weighted by Gasteiger charge is 2.32. The second-order valence-corrected chi connectivity index (χ2v) is 3.04.